The zero-order valence-corrected chi connectivity index (χ0v) is 15.9. The van der Waals surface area contributed by atoms with Gasteiger partial charge in [0, 0.05) is 24.3 Å². The first kappa shape index (κ1) is 20.6. The van der Waals surface area contributed by atoms with Gasteiger partial charge in [0.1, 0.15) is 12.4 Å². The maximum Gasteiger partial charge on any atom is 0.122 e. The predicted molar refractivity (Wildman–Crippen MR) is 109 cm³/mol. The Balaban J connectivity index is 0.00000243. The lowest BCUT2D eigenvalue weighted by Crippen LogP contribution is -2.34. The highest BCUT2D eigenvalue weighted by Crippen LogP contribution is 2.25. The Morgan fingerprint density at radius 1 is 1.08 bits per heavy atom. The van der Waals surface area contributed by atoms with E-state index in [9.17, 15) is 5.11 Å². The summed E-state index contributed by atoms with van der Waals surface area (Å²) < 4.78 is 5.85. The topological polar surface area (TPSA) is 67.5 Å². The van der Waals surface area contributed by atoms with Gasteiger partial charge in [-0.05, 0) is 36.1 Å². The number of halogens is 1. The molecule has 0 radical (unpaired) electrons. The van der Waals surface area contributed by atoms with Crippen molar-refractivity contribution in [1.29, 1.82) is 0 Å². The molecule has 0 amide bonds. The van der Waals surface area contributed by atoms with Gasteiger partial charge in [-0.25, -0.2) is 0 Å². The van der Waals surface area contributed by atoms with Gasteiger partial charge in [-0.2, -0.15) is 0 Å². The van der Waals surface area contributed by atoms with Gasteiger partial charge in [-0.1, -0.05) is 49.6 Å². The van der Waals surface area contributed by atoms with Gasteiger partial charge in [0.25, 0.3) is 0 Å². The summed E-state index contributed by atoms with van der Waals surface area (Å²) in [4.78, 5) is 0. The lowest BCUT2D eigenvalue weighted by atomic mass is 9.95. The van der Waals surface area contributed by atoms with Crippen LogP contribution in [-0.4, -0.2) is 17.7 Å². The highest BCUT2D eigenvalue weighted by molar-refractivity contribution is 5.85. The molecule has 1 unspecified atom stereocenters. The number of hydrogen-bond acceptors (Lipinski definition) is 4. The zero-order chi connectivity index (χ0) is 17.5. The first-order chi connectivity index (χ1) is 12.2. The fourth-order valence-electron chi connectivity index (χ4n) is 3.37. The maximum atomic E-state index is 10.5. The minimum atomic E-state index is -0.579. The van der Waals surface area contributed by atoms with Crippen molar-refractivity contribution < 1.29 is 9.84 Å². The van der Waals surface area contributed by atoms with Crippen LogP contribution < -0.4 is 15.8 Å². The molecule has 0 aliphatic heterocycles. The second-order valence-electron chi connectivity index (χ2n) is 6.87. The van der Waals surface area contributed by atoms with E-state index >= 15 is 0 Å². The first-order valence-corrected chi connectivity index (χ1v) is 9.19. The smallest absolute Gasteiger partial charge is 0.122 e. The molecule has 0 saturated heterocycles. The van der Waals surface area contributed by atoms with E-state index < -0.39 is 6.10 Å². The molecule has 0 heterocycles. The number of nitrogen functional groups attached to an aromatic ring is 1. The molecule has 2 aromatic carbocycles. The molecule has 0 aromatic heterocycles. The van der Waals surface area contributed by atoms with Crippen LogP contribution in [0.1, 0.15) is 49.3 Å². The number of nitrogens with two attached hydrogens (primary N) is 1. The third-order valence-corrected chi connectivity index (χ3v) is 4.79. The number of aliphatic hydroxyl groups excluding tert-OH is 1. The van der Waals surface area contributed by atoms with E-state index in [0.29, 0.717) is 30.6 Å². The molecule has 1 atom stereocenters. The van der Waals surface area contributed by atoms with Crippen LogP contribution in [0.15, 0.2) is 48.5 Å². The molecule has 26 heavy (non-hydrogen) atoms. The summed E-state index contributed by atoms with van der Waals surface area (Å²) in [6.45, 7) is 1.03. The van der Waals surface area contributed by atoms with Crippen LogP contribution in [0.2, 0.25) is 0 Å². The summed E-state index contributed by atoms with van der Waals surface area (Å²) in [5.74, 6) is 0.690. The molecule has 1 fully saturated rings. The molecule has 1 saturated carbocycles. The van der Waals surface area contributed by atoms with Crippen molar-refractivity contribution in [3.63, 3.8) is 0 Å². The highest BCUT2D eigenvalue weighted by atomic mass is 35.5. The van der Waals surface area contributed by atoms with Crippen LogP contribution >= 0.6 is 12.4 Å². The number of nitrogens with one attached hydrogen (secondary N) is 1. The number of anilines is 1. The molecular weight excluding hydrogens is 348 g/mol. The Bertz CT molecular complexity index is 660. The SMILES string of the molecule is Cl.Nc1cc(OCc2ccccc2)cc(C(O)CNC2CCCCC2)c1. The van der Waals surface area contributed by atoms with Crippen molar-refractivity contribution in [1.82, 2.24) is 5.32 Å². The Morgan fingerprint density at radius 3 is 2.54 bits per heavy atom. The van der Waals surface area contributed by atoms with Crippen LogP contribution in [0.4, 0.5) is 5.69 Å². The molecule has 4 nitrogen and oxygen atoms in total. The monoisotopic (exact) mass is 376 g/mol. The second kappa shape index (κ2) is 10.4. The highest BCUT2D eigenvalue weighted by Gasteiger charge is 2.16. The fraction of sp³-hybridized carbons (Fsp3) is 0.429. The molecule has 3 rings (SSSR count). The molecular formula is C21H29ClN2O2. The molecule has 0 bridgehead atoms. The fourth-order valence-corrected chi connectivity index (χ4v) is 3.37. The summed E-state index contributed by atoms with van der Waals surface area (Å²) in [5.41, 5.74) is 8.50. The average Bonchev–Trinajstić information content (AvgIpc) is 2.66. The summed E-state index contributed by atoms with van der Waals surface area (Å²) in [6.07, 6.45) is 5.72. The van der Waals surface area contributed by atoms with E-state index in [2.05, 4.69) is 5.32 Å². The van der Waals surface area contributed by atoms with Crippen molar-refractivity contribution in [2.45, 2.75) is 50.9 Å². The summed E-state index contributed by atoms with van der Waals surface area (Å²) in [6, 6.07) is 16.0. The maximum absolute atomic E-state index is 10.5. The van der Waals surface area contributed by atoms with Gasteiger partial charge in [0.15, 0.2) is 0 Å². The summed E-state index contributed by atoms with van der Waals surface area (Å²) in [5, 5.41) is 14.0. The van der Waals surface area contributed by atoms with Gasteiger partial charge in [-0.15, -0.1) is 12.4 Å². The molecule has 2 aromatic rings. The van der Waals surface area contributed by atoms with Crippen LogP contribution in [0.5, 0.6) is 5.75 Å². The Morgan fingerprint density at radius 2 is 1.81 bits per heavy atom. The second-order valence-corrected chi connectivity index (χ2v) is 6.87. The predicted octanol–water partition coefficient (Wildman–Crippen LogP) is 4.23. The van der Waals surface area contributed by atoms with Crippen LogP contribution in [0.3, 0.4) is 0 Å². The van der Waals surface area contributed by atoms with E-state index in [-0.39, 0.29) is 12.4 Å². The van der Waals surface area contributed by atoms with Gasteiger partial charge in [0.05, 0.1) is 6.10 Å². The molecule has 5 heteroatoms. The van der Waals surface area contributed by atoms with Crippen molar-refractivity contribution in [3.05, 3.63) is 59.7 Å². The number of ether oxygens (including phenoxy) is 1. The average molecular weight is 377 g/mol. The number of rotatable bonds is 7. The van der Waals surface area contributed by atoms with Crippen molar-refractivity contribution >= 4 is 18.1 Å². The summed E-state index contributed by atoms with van der Waals surface area (Å²) >= 11 is 0. The number of benzene rings is 2. The Kier molecular flexibility index (Phi) is 8.23. The standard InChI is InChI=1S/C21H28N2O2.ClH/c22-18-11-17(21(24)14-23-19-9-5-2-6-10-19)12-20(13-18)25-15-16-7-3-1-4-8-16;/h1,3-4,7-8,11-13,19,21,23-24H,2,5-6,9-10,14-15,22H2;1H. The van der Waals surface area contributed by atoms with Gasteiger partial charge in [-0.3, -0.25) is 0 Å². The lowest BCUT2D eigenvalue weighted by molar-refractivity contribution is 0.165. The normalized spacial score (nSPS) is 15.9. The van der Waals surface area contributed by atoms with E-state index in [4.69, 9.17) is 10.5 Å². The van der Waals surface area contributed by atoms with Gasteiger partial charge < -0.3 is 20.9 Å². The van der Waals surface area contributed by atoms with Crippen molar-refractivity contribution in [2.24, 2.45) is 0 Å². The first-order valence-electron chi connectivity index (χ1n) is 9.19. The third-order valence-electron chi connectivity index (χ3n) is 4.79. The Hall–Kier alpha value is -1.75. The van der Waals surface area contributed by atoms with E-state index in [0.717, 1.165) is 11.1 Å². The summed E-state index contributed by atoms with van der Waals surface area (Å²) in [7, 11) is 0. The van der Waals surface area contributed by atoms with Gasteiger partial charge in [0.2, 0.25) is 0 Å². The number of hydrogen-bond donors (Lipinski definition) is 3. The largest absolute Gasteiger partial charge is 0.489 e. The minimum absolute atomic E-state index is 0. The zero-order valence-electron chi connectivity index (χ0n) is 15.1. The molecule has 142 valence electrons. The molecule has 4 N–H and O–H groups in total. The number of aliphatic hydroxyl groups is 1. The van der Waals surface area contributed by atoms with E-state index in [1.54, 1.807) is 6.07 Å². The molecule has 1 aliphatic rings. The van der Waals surface area contributed by atoms with Crippen molar-refractivity contribution in [3.8, 4) is 5.75 Å². The van der Waals surface area contributed by atoms with Crippen LogP contribution in [0, 0.1) is 0 Å². The Labute approximate surface area is 162 Å². The van der Waals surface area contributed by atoms with E-state index in [1.807, 2.05) is 42.5 Å². The van der Waals surface area contributed by atoms with Crippen molar-refractivity contribution in [2.75, 3.05) is 12.3 Å². The minimum Gasteiger partial charge on any atom is -0.489 e. The lowest BCUT2D eigenvalue weighted by Gasteiger charge is -2.24. The van der Waals surface area contributed by atoms with Crippen LogP contribution in [-0.2, 0) is 6.61 Å². The molecule has 1 aliphatic carbocycles. The van der Waals surface area contributed by atoms with Crippen LogP contribution in [0.25, 0.3) is 0 Å². The van der Waals surface area contributed by atoms with E-state index in [1.165, 1.54) is 32.1 Å². The quantitative estimate of drug-likeness (QED) is 0.633. The third kappa shape index (κ3) is 6.20. The van der Waals surface area contributed by atoms with Gasteiger partial charge >= 0.3 is 0 Å². The molecule has 0 spiro atoms.